The third-order valence-electron chi connectivity index (χ3n) is 4.46. The molecule has 2 aliphatic rings. The minimum atomic E-state index is -0.572. The molecule has 6 nitrogen and oxygen atoms in total. The Labute approximate surface area is 120 Å². The van der Waals surface area contributed by atoms with E-state index in [-0.39, 0.29) is 11.8 Å². The van der Waals surface area contributed by atoms with E-state index in [2.05, 4.69) is 5.32 Å². The highest BCUT2D eigenvalue weighted by atomic mass is 16.5. The van der Waals surface area contributed by atoms with Gasteiger partial charge in [-0.25, -0.2) is 0 Å². The maximum atomic E-state index is 12.5. The summed E-state index contributed by atoms with van der Waals surface area (Å²) < 4.78 is 5.30. The second-order valence-corrected chi connectivity index (χ2v) is 5.82. The van der Waals surface area contributed by atoms with E-state index in [1.807, 2.05) is 4.90 Å². The molecule has 1 atom stereocenters. The van der Waals surface area contributed by atoms with Crippen LogP contribution in [-0.4, -0.2) is 55.6 Å². The van der Waals surface area contributed by atoms with E-state index in [4.69, 9.17) is 10.5 Å². The van der Waals surface area contributed by atoms with E-state index >= 15 is 0 Å². The van der Waals surface area contributed by atoms with Crippen molar-refractivity contribution in [2.45, 2.75) is 38.6 Å². The largest absolute Gasteiger partial charge is 0.381 e. The fourth-order valence-corrected chi connectivity index (χ4v) is 2.91. The highest BCUT2D eigenvalue weighted by Gasteiger charge is 2.40. The van der Waals surface area contributed by atoms with E-state index in [1.54, 1.807) is 6.92 Å². The van der Waals surface area contributed by atoms with E-state index in [0.29, 0.717) is 32.6 Å². The van der Waals surface area contributed by atoms with Crippen LogP contribution in [0.25, 0.3) is 0 Å². The molecule has 0 aliphatic carbocycles. The van der Waals surface area contributed by atoms with Crippen molar-refractivity contribution >= 4 is 11.8 Å². The maximum Gasteiger partial charge on any atom is 0.244 e. The first-order valence-electron chi connectivity index (χ1n) is 7.47. The third-order valence-corrected chi connectivity index (χ3v) is 4.46. The average Bonchev–Trinajstić information content (AvgIpc) is 3.01. The Balaban J connectivity index is 1.93. The Kier molecular flexibility index (Phi) is 4.99. The van der Waals surface area contributed by atoms with Gasteiger partial charge in [-0.3, -0.25) is 9.59 Å². The SMILES string of the molecule is CC(NC(=O)C1(CN)CCOCC1)C(=O)N1CCCC1. The first kappa shape index (κ1) is 15.3. The zero-order valence-corrected chi connectivity index (χ0v) is 12.2. The number of nitrogens with zero attached hydrogens (tertiary/aromatic N) is 1. The van der Waals surface area contributed by atoms with Gasteiger partial charge in [0.2, 0.25) is 11.8 Å². The van der Waals surface area contributed by atoms with Crippen molar-refractivity contribution in [2.75, 3.05) is 32.8 Å². The lowest BCUT2D eigenvalue weighted by molar-refractivity contribution is -0.141. The van der Waals surface area contributed by atoms with Crippen molar-refractivity contribution in [3.05, 3.63) is 0 Å². The number of carbonyl (C=O) groups excluding carboxylic acids is 2. The molecule has 114 valence electrons. The molecule has 1 unspecified atom stereocenters. The highest BCUT2D eigenvalue weighted by molar-refractivity contribution is 5.90. The van der Waals surface area contributed by atoms with Gasteiger partial charge < -0.3 is 20.7 Å². The van der Waals surface area contributed by atoms with Crippen molar-refractivity contribution in [1.82, 2.24) is 10.2 Å². The van der Waals surface area contributed by atoms with Gasteiger partial charge in [0.15, 0.2) is 0 Å². The molecular formula is C14H25N3O3. The number of hydrogen-bond donors (Lipinski definition) is 2. The highest BCUT2D eigenvalue weighted by Crippen LogP contribution is 2.29. The Hall–Kier alpha value is -1.14. The Morgan fingerprint density at radius 2 is 1.90 bits per heavy atom. The van der Waals surface area contributed by atoms with Crippen LogP contribution < -0.4 is 11.1 Å². The summed E-state index contributed by atoms with van der Waals surface area (Å²) in [4.78, 5) is 26.5. The molecule has 2 fully saturated rings. The van der Waals surface area contributed by atoms with Crippen LogP contribution in [0.15, 0.2) is 0 Å². The number of carbonyl (C=O) groups is 2. The summed E-state index contributed by atoms with van der Waals surface area (Å²) in [6, 6.07) is -0.480. The summed E-state index contributed by atoms with van der Waals surface area (Å²) >= 11 is 0. The molecule has 0 aromatic rings. The second-order valence-electron chi connectivity index (χ2n) is 5.82. The molecule has 2 aliphatic heterocycles. The third kappa shape index (κ3) is 3.12. The van der Waals surface area contributed by atoms with Crippen LogP contribution in [0.5, 0.6) is 0 Å². The second kappa shape index (κ2) is 6.54. The first-order chi connectivity index (χ1) is 9.59. The lowest BCUT2D eigenvalue weighted by Crippen LogP contribution is -2.54. The molecule has 0 aromatic carbocycles. The number of nitrogens with two attached hydrogens (primary N) is 1. The van der Waals surface area contributed by atoms with Gasteiger partial charge in [-0.1, -0.05) is 0 Å². The van der Waals surface area contributed by atoms with Gasteiger partial charge in [-0.2, -0.15) is 0 Å². The van der Waals surface area contributed by atoms with Crippen LogP contribution in [-0.2, 0) is 14.3 Å². The molecule has 6 heteroatoms. The van der Waals surface area contributed by atoms with Crippen molar-refractivity contribution in [2.24, 2.45) is 11.1 Å². The summed E-state index contributed by atoms with van der Waals surface area (Å²) in [7, 11) is 0. The molecule has 0 bridgehead atoms. The lowest BCUT2D eigenvalue weighted by atomic mass is 9.79. The number of hydrogen-bond acceptors (Lipinski definition) is 4. The van der Waals surface area contributed by atoms with Crippen molar-refractivity contribution in [3.8, 4) is 0 Å². The minimum absolute atomic E-state index is 0.00933. The van der Waals surface area contributed by atoms with E-state index in [9.17, 15) is 9.59 Å². The van der Waals surface area contributed by atoms with Crippen LogP contribution in [0.4, 0.5) is 0 Å². The summed E-state index contributed by atoms with van der Waals surface area (Å²) in [6.45, 7) is 4.76. The van der Waals surface area contributed by atoms with Crippen LogP contribution in [0.3, 0.4) is 0 Å². The molecule has 0 spiro atoms. The smallest absolute Gasteiger partial charge is 0.244 e. The minimum Gasteiger partial charge on any atom is -0.381 e. The van der Waals surface area contributed by atoms with E-state index in [1.165, 1.54) is 0 Å². The van der Waals surface area contributed by atoms with Crippen LogP contribution >= 0.6 is 0 Å². The van der Waals surface area contributed by atoms with E-state index < -0.39 is 11.5 Å². The number of ether oxygens (including phenoxy) is 1. The van der Waals surface area contributed by atoms with Gasteiger partial charge in [0, 0.05) is 32.8 Å². The molecule has 20 heavy (non-hydrogen) atoms. The van der Waals surface area contributed by atoms with Crippen molar-refractivity contribution < 1.29 is 14.3 Å². The summed E-state index contributed by atoms with van der Waals surface area (Å²) in [5, 5.41) is 2.85. The molecule has 2 heterocycles. The molecule has 2 saturated heterocycles. The molecule has 2 amide bonds. The van der Waals surface area contributed by atoms with Gasteiger partial charge in [-0.15, -0.1) is 0 Å². The van der Waals surface area contributed by atoms with Crippen LogP contribution in [0.2, 0.25) is 0 Å². The van der Waals surface area contributed by atoms with Gasteiger partial charge in [-0.05, 0) is 32.6 Å². The van der Waals surface area contributed by atoms with Crippen LogP contribution in [0, 0.1) is 5.41 Å². The predicted molar refractivity (Wildman–Crippen MR) is 75.0 cm³/mol. The van der Waals surface area contributed by atoms with Crippen LogP contribution in [0.1, 0.15) is 32.6 Å². The summed E-state index contributed by atoms with van der Waals surface area (Å²) in [5.41, 5.74) is 5.23. The van der Waals surface area contributed by atoms with Gasteiger partial charge >= 0.3 is 0 Å². The number of likely N-dealkylation sites (tertiary alicyclic amines) is 1. The van der Waals surface area contributed by atoms with Gasteiger partial charge in [0.1, 0.15) is 6.04 Å². The van der Waals surface area contributed by atoms with E-state index in [0.717, 1.165) is 25.9 Å². The van der Waals surface area contributed by atoms with Gasteiger partial charge in [0.05, 0.1) is 5.41 Å². The zero-order chi connectivity index (χ0) is 14.6. The van der Waals surface area contributed by atoms with Crippen molar-refractivity contribution in [1.29, 1.82) is 0 Å². The monoisotopic (exact) mass is 283 g/mol. The Bertz CT molecular complexity index is 361. The topological polar surface area (TPSA) is 84.7 Å². The lowest BCUT2D eigenvalue weighted by Gasteiger charge is -2.35. The molecule has 2 rings (SSSR count). The molecule has 0 saturated carbocycles. The molecule has 0 radical (unpaired) electrons. The molecular weight excluding hydrogens is 258 g/mol. The Morgan fingerprint density at radius 3 is 2.45 bits per heavy atom. The summed E-state index contributed by atoms with van der Waals surface area (Å²) in [5.74, 6) is -0.0987. The number of rotatable bonds is 4. The number of amides is 2. The number of nitrogens with one attached hydrogen (secondary N) is 1. The molecule has 0 aromatic heterocycles. The van der Waals surface area contributed by atoms with Gasteiger partial charge in [0.25, 0.3) is 0 Å². The maximum absolute atomic E-state index is 12.5. The standard InChI is InChI=1S/C14H25N3O3/c1-11(12(18)17-6-2-3-7-17)16-13(19)14(10-15)4-8-20-9-5-14/h11H,2-10,15H2,1H3,(H,16,19). The summed E-state index contributed by atoms with van der Waals surface area (Å²) in [6.07, 6.45) is 3.35. The quantitative estimate of drug-likeness (QED) is 0.752. The Morgan fingerprint density at radius 1 is 1.30 bits per heavy atom. The predicted octanol–water partition coefficient (Wildman–Crippen LogP) is -0.131. The fraction of sp³-hybridized carbons (Fsp3) is 0.857. The van der Waals surface area contributed by atoms with Crippen molar-refractivity contribution in [3.63, 3.8) is 0 Å². The zero-order valence-electron chi connectivity index (χ0n) is 12.2. The normalized spacial score (nSPS) is 23.4. The first-order valence-corrected chi connectivity index (χ1v) is 7.47. The fourth-order valence-electron chi connectivity index (χ4n) is 2.91. The average molecular weight is 283 g/mol. The molecule has 3 N–H and O–H groups in total.